The minimum Gasteiger partial charge on any atom is -0.481 e. The van der Waals surface area contributed by atoms with E-state index in [-0.39, 0.29) is 28.4 Å². The molecule has 1 aromatic heterocycles. The lowest BCUT2D eigenvalue weighted by Gasteiger charge is -2.32. The predicted molar refractivity (Wildman–Crippen MR) is 82.3 cm³/mol. The summed E-state index contributed by atoms with van der Waals surface area (Å²) in [7, 11) is 1.54. The van der Waals surface area contributed by atoms with Crippen molar-refractivity contribution in [1.29, 1.82) is 0 Å². The van der Waals surface area contributed by atoms with Gasteiger partial charge in [0.2, 0.25) is 0 Å². The Morgan fingerprint density at radius 3 is 2.39 bits per heavy atom. The van der Waals surface area contributed by atoms with Crippen molar-refractivity contribution in [1.82, 2.24) is 14.7 Å². The molecule has 124 valence electrons. The molecule has 2 heterocycles. The maximum atomic E-state index is 12.8. The Kier molecular flexibility index (Phi) is 3.54. The number of carbonyl (C=O) groups is 2. The molecule has 1 spiro atoms. The van der Waals surface area contributed by atoms with E-state index in [4.69, 9.17) is 5.11 Å². The number of hydrogen-bond donors (Lipinski definition) is 1. The van der Waals surface area contributed by atoms with Crippen molar-refractivity contribution >= 4 is 11.9 Å². The summed E-state index contributed by atoms with van der Waals surface area (Å²) in [5.41, 5.74) is 0.955. The van der Waals surface area contributed by atoms with Gasteiger partial charge >= 0.3 is 5.97 Å². The van der Waals surface area contributed by atoms with Crippen LogP contribution in [0.5, 0.6) is 0 Å². The molecule has 1 amide bonds. The van der Waals surface area contributed by atoms with Crippen molar-refractivity contribution in [2.24, 2.45) is 18.4 Å². The summed E-state index contributed by atoms with van der Waals surface area (Å²) in [5.74, 6) is -1.27. The van der Waals surface area contributed by atoms with Gasteiger partial charge in [-0.05, 0) is 44.1 Å². The molecule has 7 heteroatoms. The van der Waals surface area contributed by atoms with E-state index < -0.39 is 5.97 Å². The number of carboxylic acid groups (broad SMARTS) is 1. The number of rotatable bonds is 2. The molecular weight excluding hydrogens is 298 g/mol. The van der Waals surface area contributed by atoms with E-state index in [0.29, 0.717) is 43.6 Å². The van der Waals surface area contributed by atoms with Gasteiger partial charge in [0.1, 0.15) is 5.56 Å². The summed E-state index contributed by atoms with van der Waals surface area (Å²) in [5, 5.41) is 13.2. The van der Waals surface area contributed by atoms with Crippen molar-refractivity contribution in [2.45, 2.75) is 33.1 Å². The van der Waals surface area contributed by atoms with Crippen LogP contribution in [0.15, 0.2) is 4.79 Å². The van der Waals surface area contributed by atoms with E-state index in [1.54, 1.807) is 25.8 Å². The van der Waals surface area contributed by atoms with Crippen LogP contribution < -0.4 is 5.56 Å². The Balaban J connectivity index is 1.79. The monoisotopic (exact) mass is 319 g/mol. The highest BCUT2D eigenvalue weighted by atomic mass is 16.4. The fourth-order valence-electron chi connectivity index (χ4n) is 3.66. The first-order valence-corrected chi connectivity index (χ1v) is 7.83. The molecular formula is C16H21N3O4. The summed E-state index contributed by atoms with van der Waals surface area (Å²) in [6.07, 6.45) is 2.10. The number of aromatic nitrogens is 2. The molecule has 2 fully saturated rings. The van der Waals surface area contributed by atoms with Gasteiger partial charge in [0.05, 0.1) is 11.6 Å². The molecule has 7 nitrogen and oxygen atoms in total. The molecule has 0 bridgehead atoms. The van der Waals surface area contributed by atoms with Gasteiger partial charge in [-0.1, -0.05) is 0 Å². The zero-order chi connectivity index (χ0) is 16.9. The lowest BCUT2D eigenvalue weighted by Crippen LogP contribution is -2.43. The van der Waals surface area contributed by atoms with Crippen LogP contribution in [0, 0.1) is 25.2 Å². The average molecular weight is 319 g/mol. The zero-order valence-corrected chi connectivity index (χ0v) is 13.6. The first-order chi connectivity index (χ1) is 10.8. The number of piperidine rings is 1. The second kappa shape index (κ2) is 5.18. The number of hydrogen-bond acceptors (Lipinski definition) is 4. The molecule has 1 aromatic rings. The van der Waals surface area contributed by atoms with Crippen LogP contribution in [0.3, 0.4) is 0 Å². The molecule has 1 unspecified atom stereocenters. The normalized spacial score (nSPS) is 22.2. The van der Waals surface area contributed by atoms with Gasteiger partial charge < -0.3 is 10.0 Å². The van der Waals surface area contributed by atoms with Crippen LogP contribution in [-0.4, -0.2) is 44.8 Å². The van der Waals surface area contributed by atoms with Crippen LogP contribution in [-0.2, 0) is 11.8 Å². The van der Waals surface area contributed by atoms with Crippen molar-refractivity contribution < 1.29 is 14.7 Å². The number of nitrogens with zero attached hydrogens (tertiary/aromatic N) is 3. The Morgan fingerprint density at radius 2 is 1.87 bits per heavy atom. The Hall–Kier alpha value is -2.18. The number of aryl methyl sites for hydroxylation is 2. The minimum atomic E-state index is -0.737. The van der Waals surface area contributed by atoms with Gasteiger partial charge in [0.15, 0.2) is 0 Å². The van der Waals surface area contributed by atoms with Crippen LogP contribution in [0.2, 0.25) is 0 Å². The maximum absolute atomic E-state index is 12.8. The fourth-order valence-corrected chi connectivity index (χ4v) is 3.66. The molecule has 1 N–H and O–H groups in total. The third-order valence-electron chi connectivity index (χ3n) is 5.47. The molecule has 23 heavy (non-hydrogen) atoms. The number of amides is 1. The van der Waals surface area contributed by atoms with E-state index >= 15 is 0 Å². The SMILES string of the molecule is Cc1nn(C)c(=O)c(C(=O)N2CCC3(CC2)CC3C(=O)O)c1C. The van der Waals surface area contributed by atoms with Gasteiger partial charge in [0.25, 0.3) is 11.5 Å². The molecule has 1 saturated carbocycles. The Labute approximate surface area is 133 Å². The molecule has 1 atom stereocenters. The topological polar surface area (TPSA) is 92.5 Å². The van der Waals surface area contributed by atoms with Crippen LogP contribution in [0.4, 0.5) is 0 Å². The zero-order valence-electron chi connectivity index (χ0n) is 13.6. The Bertz CT molecular complexity index is 744. The quantitative estimate of drug-likeness (QED) is 0.867. The van der Waals surface area contributed by atoms with Crippen molar-refractivity contribution in [3.8, 4) is 0 Å². The largest absolute Gasteiger partial charge is 0.481 e. The summed E-state index contributed by atoms with van der Waals surface area (Å²) in [6, 6.07) is 0. The first kappa shape index (κ1) is 15.7. The predicted octanol–water partition coefficient (Wildman–Crippen LogP) is 0.724. The highest BCUT2D eigenvalue weighted by Gasteiger charge is 2.59. The van der Waals surface area contributed by atoms with Gasteiger partial charge in [-0.3, -0.25) is 14.4 Å². The number of carbonyl (C=O) groups excluding carboxylic acids is 1. The van der Waals surface area contributed by atoms with Crippen molar-refractivity contribution in [2.75, 3.05) is 13.1 Å². The van der Waals surface area contributed by atoms with Crippen LogP contribution in [0.25, 0.3) is 0 Å². The summed E-state index contributed by atoms with van der Waals surface area (Å²) in [4.78, 5) is 37.8. The molecule has 1 aliphatic carbocycles. The van der Waals surface area contributed by atoms with Gasteiger partial charge in [-0.15, -0.1) is 0 Å². The third kappa shape index (κ3) is 2.44. The summed E-state index contributed by atoms with van der Waals surface area (Å²) < 4.78 is 1.20. The highest BCUT2D eigenvalue weighted by Crippen LogP contribution is 2.59. The van der Waals surface area contributed by atoms with E-state index in [1.165, 1.54) is 4.68 Å². The van der Waals surface area contributed by atoms with Crippen LogP contribution >= 0.6 is 0 Å². The fraction of sp³-hybridized carbons (Fsp3) is 0.625. The summed E-state index contributed by atoms with van der Waals surface area (Å²) in [6.45, 7) is 4.53. The lowest BCUT2D eigenvalue weighted by atomic mass is 9.90. The molecule has 0 aromatic carbocycles. The molecule has 1 aliphatic heterocycles. The lowest BCUT2D eigenvalue weighted by molar-refractivity contribution is -0.139. The second-order valence-electron chi connectivity index (χ2n) is 6.76. The third-order valence-corrected chi connectivity index (χ3v) is 5.47. The van der Waals surface area contributed by atoms with Gasteiger partial charge in [-0.2, -0.15) is 5.10 Å². The van der Waals surface area contributed by atoms with E-state index in [1.807, 2.05) is 0 Å². The number of carboxylic acids is 1. The maximum Gasteiger partial charge on any atom is 0.307 e. The molecule has 1 saturated heterocycles. The average Bonchev–Trinajstić information content (AvgIpc) is 3.20. The highest BCUT2D eigenvalue weighted by molar-refractivity contribution is 5.95. The van der Waals surface area contributed by atoms with Gasteiger partial charge in [0, 0.05) is 20.1 Å². The smallest absolute Gasteiger partial charge is 0.307 e. The minimum absolute atomic E-state index is 0.128. The van der Waals surface area contributed by atoms with E-state index in [2.05, 4.69) is 5.10 Å². The molecule has 2 aliphatic rings. The van der Waals surface area contributed by atoms with E-state index in [0.717, 1.165) is 0 Å². The first-order valence-electron chi connectivity index (χ1n) is 7.83. The van der Waals surface area contributed by atoms with Gasteiger partial charge in [-0.25, -0.2) is 4.68 Å². The number of likely N-dealkylation sites (tertiary alicyclic amines) is 1. The van der Waals surface area contributed by atoms with Crippen LogP contribution in [0.1, 0.15) is 40.9 Å². The second-order valence-corrected chi connectivity index (χ2v) is 6.76. The van der Waals surface area contributed by atoms with Crippen molar-refractivity contribution in [3.63, 3.8) is 0 Å². The molecule has 3 rings (SSSR count). The Morgan fingerprint density at radius 1 is 1.26 bits per heavy atom. The van der Waals surface area contributed by atoms with E-state index in [9.17, 15) is 14.4 Å². The number of aliphatic carboxylic acids is 1. The van der Waals surface area contributed by atoms with Crippen molar-refractivity contribution in [3.05, 3.63) is 27.2 Å². The molecule has 0 radical (unpaired) electrons. The summed E-state index contributed by atoms with van der Waals surface area (Å²) >= 11 is 0. The standard InChI is InChI=1S/C16H21N3O4/c1-9-10(2)17-18(3)13(20)12(9)14(21)19-6-4-16(5-7-19)8-11(16)15(22)23/h11H,4-8H2,1-3H3,(H,22,23).